The van der Waals surface area contributed by atoms with Gasteiger partial charge in [-0.2, -0.15) is 0 Å². The van der Waals surface area contributed by atoms with Crippen LogP contribution >= 0.6 is 0 Å². The highest BCUT2D eigenvalue weighted by molar-refractivity contribution is 5.94. The van der Waals surface area contributed by atoms with Crippen molar-refractivity contribution in [2.24, 2.45) is 0 Å². The number of benzene rings is 1. The third-order valence-electron chi connectivity index (χ3n) is 2.42. The summed E-state index contributed by atoms with van der Waals surface area (Å²) >= 11 is 0. The van der Waals surface area contributed by atoms with Gasteiger partial charge in [-0.25, -0.2) is 4.79 Å². The summed E-state index contributed by atoms with van der Waals surface area (Å²) in [6.07, 6.45) is 0.552. The van der Waals surface area contributed by atoms with Gasteiger partial charge in [0.15, 0.2) is 0 Å². The van der Waals surface area contributed by atoms with Crippen LogP contribution in [0.5, 0.6) is 5.75 Å². The molecule has 0 spiro atoms. The Kier molecular flexibility index (Phi) is 4.78. The normalized spacial score (nSPS) is 11.9. The maximum Gasteiger partial charge on any atom is 0.337 e. The molecule has 1 aromatic rings. The van der Waals surface area contributed by atoms with Crippen molar-refractivity contribution in [1.29, 1.82) is 0 Å². The van der Waals surface area contributed by atoms with Crippen LogP contribution < -0.4 is 10.1 Å². The zero-order valence-corrected chi connectivity index (χ0v) is 9.93. The Morgan fingerprint density at radius 3 is 2.76 bits per heavy atom. The van der Waals surface area contributed by atoms with Crippen molar-refractivity contribution in [3.8, 4) is 5.75 Å². The first kappa shape index (κ1) is 13.3. The van der Waals surface area contributed by atoms with Gasteiger partial charge in [0.05, 0.1) is 18.4 Å². The van der Waals surface area contributed by atoms with Crippen LogP contribution in [0.3, 0.4) is 0 Å². The van der Waals surface area contributed by atoms with Gasteiger partial charge < -0.3 is 20.3 Å². The fourth-order valence-corrected chi connectivity index (χ4v) is 1.49. The number of rotatable bonds is 6. The molecule has 17 heavy (non-hydrogen) atoms. The highest BCUT2D eigenvalue weighted by atomic mass is 16.5. The minimum absolute atomic E-state index is 0.00907. The van der Waals surface area contributed by atoms with E-state index in [9.17, 15) is 4.79 Å². The Morgan fingerprint density at radius 2 is 2.24 bits per heavy atom. The topological polar surface area (TPSA) is 78.8 Å². The third-order valence-corrected chi connectivity index (χ3v) is 2.42. The average Bonchev–Trinajstić information content (AvgIpc) is 2.28. The number of carboxylic acid groups (broad SMARTS) is 1. The molecule has 0 radical (unpaired) electrons. The second-order valence-electron chi connectivity index (χ2n) is 3.77. The van der Waals surface area contributed by atoms with Gasteiger partial charge in [-0.05, 0) is 25.5 Å². The Bertz CT molecular complexity index is 392. The Hall–Kier alpha value is -1.75. The second kappa shape index (κ2) is 6.10. The summed E-state index contributed by atoms with van der Waals surface area (Å²) in [4.78, 5) is 11.0. The lowest BCUT2D eigenvalue weighted by Gasteiger charge is -2.16. The van der Waals surface area contributed by atoms with Crippen LogP contribution in [-0.2, 0) is 0 Å². The van der Waals surface area contributed by atoms with Gasteiger partial charge in [-0.15, -0.1) is 0 Å². The van der Waals surface area contributed by atoms with E-state index in [1.165, 1.54) is 13.2 Å². The van der Waals surface area contributed by atoms with Crippen molar-refractivity contribution in [2.45, 2.75) is 19.4 Å². The SMILES string of the molecule is COc1ccc(C(=O)O)c(NC(C)CCO)c1. The molecule has 5 heteroatoms. The molecule has 1 unspecified atom stereocenters. The Balaban J connectivity index is 2.96. The molecule has 0 aliphatic rings. The number of nitrogens with one attached hydrogen (secondary N) is 1. The monoisotopic (exact) mass is 239 g/mol. The molecule has 94 valence electrons. The molecular weight excluding hydrogens is 222 g/mol. The summed E-state index contributed by atoms with van der Waals surface area (Å²) in [6.45, 7) is 1.93. The molecule has 0 bridgehead atoms. The summed E-state index contributed by atoms with van der Waals surface area (Å²) in [6, 6.07) is 4.72. The maximum absolute atomic E-state index is 11.0. The van der Waals surface area contributed by atoms with E-state index in [1.807, 2.05) is 6.92 Å². The van der Waals surface area contributed by atoms with Crippen molar-refractivity contribution in [2.75, 3.05) is 19.0 Å². The molecule has 0 aromatic heterocycles. The molecule has 0 fully saturated rings. The quantitative estimate of drug-likeness (QED) is 0.702. The molecule has 0 saturated heterocycles. The van der Waals surface area contributed by atoms with E-state index in [2.05, 4.69) is 5.32 Å². The van der Waals surface area contributed by atoms with Crippen molar-refractivity contribution >= 4 is 11.7 Å². The molecule has 3 N–H and O–H groups in total. The summed E-state index contributed by atoms with van der Waals surface area (Å²) < 4.78 is 5.05. The average molecular weight is 239 g/mol. The van der Waals surface area contributed by atoms with E-state index in [4.69, 9.17) is 14.9 Å². The van der Waals surface area contributed by atoms with Crippen LogP contribution in [0.2, 0.25) is 0 Å². The van der Waals surface area contributed by atoms with Gasteiger partial charge in [0.2, 0.25) is 0 Å². The molecule has 1 aromatic carbocycles. The predicted molar refractivity (Wildman–Crippen MR) is 64.7 cm³/mol. The third kappa shape index (κ3) is 3.64. The summed E-state index contributed by atoms with van der Waals surface area (Å²) in [5.74, 6) is -0.403. The number of ether oxygens (including phenoxy) is 1. The van der Waals surface area contributed by atoms with Crippen LogP contribution in [0.15, 0.2) is 18.2 Å². The Morgan fingerprint density at radius 1 is 1.53 bits per heavy atom. The van der Waals surface area contributed by atoms with E-state index >= 15 is 0 Å². The lowest BCUT2D eigenvalue weighted by atomic mass is 10.1. The summed E-state index contributed by atoms with van der Waals surface area (Å²) in [5, 5.41) is 20.9. The largest absolute Gasteiger partial charge is 0.497 e. The lowest BCUT2D eigenvalue weighted by molar-refractivity contribution is 0.0698. The first-order chi connectivity index (χ1) is 8.08. The van der Waals surface area contributed by atoms with Crippen LogP contribution in [0.25, 0.3) is 0 Å². The number of aliphatic hydroxyl groups excluding tert-OH is 1. The predicted octanol–water partition coefficient (Wildman–Crippen LogP) is 1.58. The highest BCUT2D eigenvalue weighted by Gasteiger charge is 2.12. The summed E-state index contributed by atoms with van der Waals surface area (Å²) in [5.41, 5.74) is 0.688. The second-order valence-corrected chi connectivity index (χ2v) is 3.77. The summed E-state index contributed by atoms with van der Waals surface area (Å²) in [7, 11) is 1.52. The number of hydrogen-bond acceptors (Lipinski definition) is 4. The standard InChI is InChI=1S/C12H17NO4/c1-8(5-6-14)13-11-7-9(17-2)3-4-10(11)12(15)16/h3-4,7-8,13-14H,5-6H2,1-2H3,(H,15,16). The minimum atomic E-state index is -0.994. The highest BCUT2D eigenvalue weighted by Crippen LogP contribution is 2.23. The molecule has 1 rings (SSSR count). The fourth-order valence-electron chi connectivity index (χ4n) is 1.49. The molecular formula is C12H17NO4. The minimum Gasteiger partial charge on any atom is -0.497 e. The molecule has 5 nitrogen and oxygen atoms in total. The maximum atomic E-state index is 11.0. The van der Waals surface area contributed by atoms with Crippen molar-refractivity contribution in [3.05, 3.63) is 23.8 Å². The van der Waals surface area contributed by atoms with E-state index in [-0.39, 0.29) is 18.2 Å². The van der Waals surface area contributed by atoms with E-state index < -0.39 is 5.97 Å². The smallest absolute Gasteiger partial charge is 0.337 e. The molecule has 0 saturated carbocycles. The number of carbonyl (C=O) groups is 1. The van der Waals surface area contributed by atoms with Crippen molar-refractivity contribution in [1.82, 2.24) is 0 Å². The molecule has 1 atom stereocenters. The van der Waals surface area contributed by atoms with Gasteiger partial charge in [-0.3, -0.25) is 0 Å². The number of anilines is 1. The number of carboxylic acids is 1. The lowest BCUT2D eigenvalue weighted by Crippen LogP contribution is -2.18. The fraction of sp³-hybridized carbons (Fsp3) is 0.417. The van der Waals surface area contributed by atoms with E-state index in [0.29, 0.717) is 17.9 Å². The molecule has 0 heterocycles. The zero-order valence-electron chi connectivity index (χ0n) is 9.93. The van der Waals surface area contributed by atoms with Crippen LogP contribution in [0.4, 0.5) is 5.69 Å². The Labute approximate surface area is 100 Å². The van der Waals surface area contributed by atoms with E-state index in [1.54, 1.807) is 12.1 Å². The van der Waals surface area contributed by atoms with Crippen LogP contribution in [-0.4, -0.2) is 35.9 Å². The first-order valence-electron chi connectivity index (χ1n) is 5.37. The van der Waals surface area contributed by atoms with Gasteiger partial charge in [0.1, 0.15) is 5.75 Å². The van der Waals surface area contributed by atoms with Gasteiger partial charge in [0, 0.05) is 18.7 Å². The molecule has 0 amide bonds. The zero-order chi connectivity index (χ0) is 12.8. The first-order valence-corrected chi connectivity index (χ1v) is 5.37. The number of methoxy groups -OCH3 is 1. The van der Waals surface area contributed by atoms with Crippen molar-refractivity contribution < 1.29 is 19.7 Å². The van der Waals surface area contributed by atoms with Crippen LogP contribution in [0, 0.1) is 0 Å². The molecule has 0 aliphatic heterocycles. The van der Waals surface area contributed by atoms with Gasteiger partial charge in [-0.1, -0.05) is 0 Å². The number of aromatic carboxylic acids is 1. The number of aliphatic hydroxyl groups is 1. The van der Waals surface area contributed by atoms with Crippen molar-refractivity contribution in [3.63, 3.8) is 0 Å². The van der Waals surface area contributed by atoms with Gasteiger partial charge >= 0.3 is 5.97 Å². The van der Waals surface area contributed by atoms with E-state index in [0.717, 1.165) is 0 Å². The van der Waals surface area contributed by atoms with Gasteiger partial charge in [0.25, 0.3) is 0 Å². The number of hydrogen-bond donors (Lipinski definition) is 3. The van der Waals surface area contributed by atoms with Crippen LogP contribution in [0.1, 0.15) is 23.7 Å². The molecule has 0 aliphatic carbocycles.